The third kappa shape index (κ3) is 2.71. The van der Waals surface area contributed by atoms with E-state index < -0.39 is 0 Å². The van der Waals surface area contributed by atoms with Crippen LogP contribution in [0.25, 0.3) is 10.9 Å². The highest BCUT2D eigenvalue weighted by atomic mass is 15.3. The second-order valence-electron chi connectivity index (χ2n) is 7.37. The lowest BCUT2D eigenvalue weighted by Crippen LogP contribution is -2.45. The molecule has 0 unspecified atom stereocenters. The largest absolute Gasteiger partial charge is 0.388 e. The molecule has 0 bridgehead atoms. The van der Waals surface area contributed by atoms with E-state index in [-0.39, 0.29) is 0 Å². The SMILES string of the molecule is CNc1ccc2c(N3CCC4=C=C4C3)nc(N3CCN(C)CC3)nc2c1. The number of piperazine rings is 1. The predicted molar refractivity (Wildman–Crippen MR) is 106 cm³/mol. The van der Waals surface area contributed by atoms with Gasteiger partial charge in [-0.2, -0.15) is 4.98 Å². The molecule has 0 atom stereocenters. The Kier molecular flexibility index (Phi) is 3.62. The van der Waals surface area contributed by atoms with Gasteiger partial charge < -0.3 is 20.0 Å². The fourth-order valence-electron chi connectivity index (χ4n) is 3.84. The van der Waals surface area contributed by atoms with Crippen LogP contribution in [0.3, 0.4) is 0 Å². The van der Waals surface area contributed by atoms with Gasteiger partial charge in [-0.15, -0.1) is 5.73 Å². The van der Waals surface area contributed by atoms with Gasteiger partial charge in [0.15, 0.2) is 0 Å². The molecule has 6 nitrogen and oxygen atoms in total. The molecule has 2 saturated heterocycles. The zero-order valence-corrected chi connectivity index (χ0v) is 15.4. The predicted octanol–water partition coefficient (Wildman–Crippen LogP) is 2.10. The fourth-order valence-corrected chi connectivity index (χ4v) is 3.84. The van der Waals surface area contributed by atoms with Crippen LogP contribution in [-0.2, 0) is 0 Å². The van der Waals surface area contributed by atoms with Gasteiger partial charge >= 0.3 is 0 Å². The number of aromatic nitrogens is 2. The highest BCUT2D eigenvalue weighted by Crippen LogP contribution is 2.35. The minimum atomic E-state index is 0.859. The van der Waals surface area contributed by atoms with Crippen molar-refractivity contribution >= 4 is 28.4 Å². The highest BCUT2D eigenvalue weighted by molar-refractivity contribution is 5.93. The Bertz CT molecular complexity index is 935. The molecule has 1 aromatic carbocycles. The van der Waals surface area contributed by atoms with Crippen LogP contribution in [0.1, 0.15) is 6.42 Å². The summed E-state index contributed by atoms with van der Waals surface area (Å²) in [4.78, 5) is 17.0. The van der Waals surface area contributed by atoms with Crippen LogP contribution in [0.4, 0.5) is 17.5 Å². The molecule has 2 fully saturated rings. The van der Waals surface area contributed by atoms with Gasteiger partial charge in [0.25, 0.3) is 0 Å². The molecular weight excluding hydrogens is 324 g/mol. The van der Waals surface area contributed by atoms with Crippen LogP contribution < -0.4 is 15.1 Å². The number of fused-ring (bicyclic) bond motifs is 2. The molecule has 3 heterocycles. The smallest absolute Gasteiger partial charge is 0.227 e. The summed E-state index contributed by atoms with van der Waals surface area (Å²) in [5, 5.41) is 4.36. The number of anilines is 3. The van der Waals surface area contributed by atoms with Gasteiger partial charge in [0.05, 0.1) is 12.1 Å². The summed E-state index contributed by atoms with van der Waals surface area (Å²) in [6, 6.07) is 6.38. The summed E-state index contributed by atoms with van der Waals surface area (Å²) in [6.07, 6.45) is 1.08. The van der Waals surface area contributed by atoms with Crippen molar-refractivity contribution in [2.24, 2.45) is 0 Å². The number of hydrogen-bond donors (Lipinski definition) is 1. The van der Waals surface area contributed by atoms with E-state index in [0.717, 1.165) is 74.0 Å². The quantitative estimate of drug-likeness (QED) is 0.858. The van der Waals surface area contributed by atoms with Gasteiger partial charge in [-0.25, -0.2) is 4.98 Å². The molecule has 1 aliphatic carbocycles. The van der Waals surface area contributed by atoms with Crippen LogP contribution in [0.2, 0.25) is 0 Å². The third-order valence-corrected chi connectivity index (χ3v) is 5.62. The van der Waals surface area contributed by atoms with Gasteiger partial charge in [0, 0.05) is 62.0 Å². The molecule has 2 aromatic rings. The van der Waals surface area contributed by atoms with Crippen molar-refractivity contribution in [2.75, 3.05) is 68.5 Å². The second-order valence-corrected chi connectivity index (χ2v) is 7.37. The monoisotopic (exact) mass is 348 g/mol. The van der Waals surface area contributed by atoms with Crippen LogP contribution in [0.15, 0.2) is 35.1 Å². The number of rotatable bonds is 3. The first kappa shape index (κ1) is 15.7. The van der Waals surface area contributed by atoms with E-state index in [0.29, 0.717) is 0 Å². The second kappa shape index (κ2) is 6.01. The van der Waals surface area contributed by atoms with Crippen molar-refractivity contribution in [1.82, 2.24) is 14.9 Å². The molecule has 1 aromatic heterocycles. The summed E-state index contributed by atoms with van der Waals surface area (Å²) in [6.45, 7) is 5.99. The normalized spacial score (nSPS) is 19.9. The van der Waals surface area contributed by atoms with Gasteiger partial charge in [0.2, 0.25) is 5.95 Å². The van der Waals surface area contributed by atoms with E-state index >= 15 is 0 Å². The van der Waals surface area contributed by atoms with Gasteiger partial charge in [-0.1, -0.05) is 0 Å². The van der Waals surface area contributed by atoms with Crippen molar-refractivity contribution < 1.29 is 0 Å². The zero-order valence-electron chi connectivity index (χ0n) is 15.4. The summed E-state index contributed by atoms with van der Waals surface area (Å²) < 4.78 is 0. The Morgan fingerprint density at radius 2 is 1.85 bits per heavy atom. The average molecular weight is 348 g/mol. The summed E-state index contributed by atoms with van der Waals surface area (Å²) in [5.74, 6) is 1.92. The van der Waals surface area contributed by atoms with E-state index in [2.05, 4.69) is 51.0 Å². The molecule has 1 N–H and O–H groups in total. The molecule has 26 heavy (non-hydrogen) atoms. The maximum atomic E-state index is 5.03. The zero-order chi connectivity index (χ0) is 17.7. The van der Waals surface area contributed by atoms with Crippen molar-refractivity contribution in [3.8, 4) is 0 Å². The van der Waals surface area contributed by atoms with Crippen LogP contribution >= 0.6 is 0 Å². The number of benzene rings is 1. The van der Waals surface area contributed by atoms with Crippen molar-refractivity contribution in [1.29, 1.82) is 0 Å². The van der Waals surface area contributed by atoms with Gasteiger partial charge in [-0.3, -0.25) is 0 Å². The number of likely N-dealkylation sites (N-methyl/N-ethyl adjacent to an activating group) is 1. The minimum Gasteiger partial charge on any atom is -0.388 e. The van der Waals surface area contributed by atoms with Crippen LogP contribution in [0.5, 0.6) is 0 Å². The first-order valence-corrected chi connectivity index (χ1v) is 9.38. The Hall–Kier alpha value is -2.56. The van der Waals surface area contributed by atoms with E-state index in [9.17, 15) is 0 Å². The lowest BCUT2D eigenvalue weighted by atomic mass is 10.1. The number of nitrogens with one attached hydrogen (secondary N) is 1. The van der Waals surface area contributed by atoms with E-state index in [4.69, 9.17) is 9.97 Å². The molecular formula is C20H24N6. The van der Waals surface area contributed by atoms with Crippen molar-refractivity contribution in [3.63, 3.8) is 0 Å². The van der Waals surface area contributed by atoms with E-state index in [1.165, 1.54) is 11.1 Å². The summed E-state index contributed by atoms with van der Waals surface area (Å²) in [5.41, 5.74) is 8.30. The molecule has 0 amide bonds. The molecule has 0 spiro atoms. The molecule has 6 heteroatoms. The Balaban J connectivity index is 1.57. The first-order valence-electron chi connectivity index (χ1n) is 9.38. The Morgan fingerprint density at radius 3 is 2.62 bits per heavy atom. The Morgan fingerprint density at radius 1 is 1.00 bits per heavy atom. The molecule has 3 aliphatic rings. The van der Waals surface area contributed by atoms with Crippen molar-refractivity contribution in [2.45, 2.75) is 6.42 Å². The van der Waals surface area contributed by atoms with Crippen LogP contribution in [0, 0.1) is 0 Å². The Labute approximate surface area is 153 Å². The lowest BCUT2D eigenvalue weighted by Gasteiger charge is -2.34. The number of hydrogen-bond acceptors (Lipinski definition) is 6. The summed E-state index contributed by atoms with van der Waals surface area (Å²) >= 11 is 0. The third-order valence-electron chi connectivity index (χ3n) is 5.62. The first-order chi connectivity index (χ1) is 12.7. The lowest BCUT2D eigenvalue weighted by molar-refractivity contribution is 0.311. The fraction of sp³-hybridized carbons (Fsp3) is 0.450. The maximum absolute atomic E-state index is 5.03. The number of nitrogens with zero attached hydrogens (tertiary/aromatic N) is 5. The molecule has 0 saturated carbocycles. The minimum absolute atomic E-state index is 0.859. The average Bonchev–Trinajstić information content (AvgIpc) is 3.46. The van der Waals surface area contributed by atoms with Crippen LogP contribution in [-0.4, -0.2) is 68.2 Å². The van der Waals surface area contributed by atoms with Gasteiger partial charge in [-0.05, 0) is 31.7 Å². The molecule has 5 rings (SSSR count). The topological polar surface area (TPSA) is 47.5 Å². The standard InChI is InChI=1S/C20H24N6/c1-21-16-3-4-17-18(12-16)22-20(25-9-7-24(2)8-10-25)23-19(17)26-6-5-14-11-15(14)13-26/h3-4,12,21H,5-10,13H2,1-2H3. The molecule has 0 radical (unpaired) electrons. The van der Waals surface area contributed by atoms with E-state index in [1.807, 2.05) is 7.05 Å². The van der Waals surface area contributed by atoms with Crippen molar-refractivity contribution in [3.05, 3.63) is 35.1 Å². The molecule has 2 aliphatic heterocycles. The number of piperidine rings is 1. The highest BCUT2D eigenvalue weighted by Gasteiger charge is 2.28. The maximum Gasteiger partial charge on any atom is 0.227 e. The van der Waals surface area contributed by atoms with Gasteiger partial charge in [0.1, 0.15) is 5.82 Å². The van der Waals surface area contributed by atoms with E-state index in [1.54, 1.807) is 0 Å². The molecule has 134 valence electrons. The summed E-state index contributed by atoms with van der Waals surface area (Å²) in [7, 11) is 4.12.